The van der Waals surface area contributed by atoms with Gasteiger partial charge in [0.1, 0.15) is 5.82 Å². The number of likely N-dealkylation sites (tertiary alicyclic amines) is 1. The number of nitrogens with two attached hydrogens (primary N) is 1. The number of hydrogen-bond donors (Lipinski definition) is 1. The minimum Gasteiger partial charge on any atom is -0.368 e. The van der Waals surface area contributed by atoms with Crippen molar-refractivity contribution < 1.29 is 9.18 Å². The lowest BCUT2D eigenvalue weighted by molar-refractivity contribution is -0.132. The van der Waals surface area contributed by atoms with Crippen molar-refractivity contribution in [3.63, 3.8) is 0 Å². The topological polar surface area (TPSA) is 75.4 Å². The van der Waals surface area contributed by atoms with Gasteiger partial charge in [-0.1, -0.05) is 12.1 Å². The van der Waals surface area contributed by atoms with E-state index in [0.29, 0.717) is 19.6 Å². The zero-order valence-electron chi connectivity index (χ0n) is 15.9. The molecule has 1 aliphatic heterocycles. The van der Waals surface area contributed by atoms with Gasteiger partial charge >= 0.3 is 0 Å². The minimum atomic E-state index is -0.288. The van der Waals surface area contributed by atoms with Gasteiger partial charge in [0, 0.05) is 24.8 Å². The van der Waals surface area contributed by atoms with Crippen molar-refractivity contribution in [1.82, 2.24) is 19.8 Å². The number of rotatable bonds is 6. The number of halogens is 1. The highest BCUT2D eigenvalue weighted by atomic mass is 19.1. The van der Waals surface area contributed by atoms with Gasteiger partial charge in [-0.05, 0) is 50.9 Å². The molecule has 1 aromatic carbocycles. The summed E-state index contributed by atoms with van der Waals surface area (Å²) in [6.07, 6.45) is 3.58. The molecular weight excluding hydrogens is 345 g/mol. The Morgan fingerprint density at radius 1 is 1.30 bits per heavy atom. The third-order valence-corrected chi connectivity index (χ3v) is 5.13. The molecule has 1 saturated heterocycles. The second kappa shape index (κ2) is 8.43. The lowest BCUT2D eigenvalue weighted by Crippen LogP contribution is -2.40. The molecule has 1 atom stereocenters. The van der Waals surface area contributed by atoms with Gasteiger partial charge in [-0.2, -0.15) is 0 Å². The molecule has 1 amide bonds. The summed E-state index contributed by atoms with van der Waals surface area (Å²) in [7, 11) is 0. The molecule has 1 fully saturated rings. The van der Waals surface area contributed by atoms with Crippen LogP contribution in [0, 0.1) is 5.82 Å². The predicted molar refractivity (Wildman–Crippen MR) is 103 cm³/mol. The molecule has 0 saturated carbocycles. The van der Waals surface area contributed by atoms with Crippen LogP contribution in [0.1, 0.15) is 38.4 Å². The van der Waals surface area contributed by atoms with E-state index < -0.39 is 0 Å². The third-order valence-electron chi connectivity index (χ3n) is 5.13. The second-order valence-electron chi connectivity index (χ2n) is 6.73. The number of hydrogen-bond acceptors (Lipinski definition) is 5. The fraction of sp³-hybridized carbons (Fsp3) is 0.450. The number of carbonyl (C=O) groups excluding carboxylic acids is 1. The number of amides is 1. The van der Waals surface area contributed by atoms with Crippen LogP contribution in [0.25, 0.3) is 11.1 Å². The third kappa shape index (κ3) is 4.24. The molecule has 0 spiro atoms. The van der Waals surface area contributed by atoms with Gasteiger partial charge in [0.15, 0.2) is 0 Å². The number of benzene rings is 1. The van der Waals surface area contributed by atoms with Gasteiger partial charge in [0.2, 0.25) is 11.9 Å². The molecule has 1 aromatic heterocycles. The summed E-state index contributed by atoms with van der Waals surface area (Å²) in [5, 5.41) is 0. The van der Waals surface area contributed by atoms with Crippen molar-refractivity contribution in [1.29, 1.82) is 0 Å². The zero-order valence-corrected chi connectivity index (χ0v) is 15.9. The first-order valence-electron chi connectivity index (χ1n) is 9.43. The van der Waals surface area contributed by atoms with Gasteiger partial charge in [-0.15, -0.1) is 0 Å². The number of likely N-dealkylation sites (N-methyl/N-ethyl adjacent to an activating group) is 1. The Bertz CT molecular complexity index is 791. The van der Waals surface area contributed by atoms with Crippen LogP contribution >= 0.6 is 0 Å². The normalized spacial score (nSPS) is 17.2. The van der Waals surface area contributed by atoms with Crippen molar-refractivity contribution in [2.45, 2.75) is 32.7 Å². The summed E-state index contributed by atoms with van der Waals surface area (Å²) >= 11 is 0. The monoisotopic (exact) mass is 371 g/mol. The minimum absolute atomic E-state index is 0.00475. The summed E-state index contributed by atoms with van der Waals surface area (Å²) in [6, 6.07) is 6.27. The maximum Gasteiger partial charge on any atom is 0.236 e. The lowest BCUT2D eigenvalue weighted by atomic mass is 10.00. The summed E-state index contributed by atoms with van der Waals surface area (Å²) in [5.41, 5.74) is 8.33. The molecule has 2 N–H and O–H groups in total. The van der Waals surface area contributed by atoms with Crippen molar-refractivity contribution in [3.05, 3.63) is 42.0 Å². The van der Waals surface area contributed by atoms with Gasteiger partial charge < -0.3 is 10.6 Å². The molecule has 144 valence electrons. The van der Waals surface area contributed by atoms with E-state index in [9.17, 15) is 9.18 Å². The maximum absolute atomic E-state index is 13.3. The van der Waals surface area contributed by atoms with E-state index in [1.165, 1.54) is 12.1 Å². The number of anilines is 1. The highest BCUT2D eigenvalue weighted by molar-refractivity contribution is 5.78. The van der Waals surface area contributed by atoms with Crippen molar-refractivity contribution >= 4 is 11.9 Å². The zero-order chi connectivity index (χ0) is 19.4. The first-order chi connectivity index (χ1) is 13.0. The Morgan fingerprint density at radius 2 is 2.00 bits per heavy atom. The molecule has 2 aromatic rings. The molecule has 0 radical (unpaired) electrons. The van der Waals surface area contributed by atoms with Crippen LogP contribution in [0.4, 0.5) is 10.3 Å². The van der Waals surface area contributed by atoms with Gasteiger partial charge in [0.25, 0.3) is 0 Å². The molecule has 6 nitrogen and oxygen atoms in total. The van der Waals surface area contributed by atoms with E-state index in [4.69, 9.17) is 5.73 Å². The Balaban J connectivity index is 1.91. The molecule has 1 aliphatic rings. The lowest BCUT2D eigenvalue weighted by Gasteiger charge is -2.28. The largest absolute Gasteiger partial charge is 0.368 e. The Labute approximate surface area is 159 Å². The van der Waals surface area contributed by atoms with Crippen LogP contribution in [0.5, 0.6) is 0 Å². The smallest absolute Gasteiger partial charge is 0.236 e. The second-order valence-corrected chi connectivity index (χ2v) is 6.73. The number of nitrogen functional groups attached to an aromatic ring is 1. The molecule has 3 rings (SSSR count). The van der Waals surface area contributed by atoms with Gasteiger partial charge in [0.05, 0.1) is 18.3 Å². The summed E-state index contributed by atoms with van der Waals surface area (Å²) in [6.45, 7) is 6.58. The van der Waals surface area contributed by atoms with E-state index in [1.807, 2.05) is 18.7 Å². The van der Waals surface area contributed by atoms with Crippen LogP contribution in [0.15, 0.2) is 30.5 Å². The SMILES string of the molecule is CCN(CC)C(=O)CN1CCCC1c1nc(N)ncc1-c1ccc(F)cc1. The van der Waals surface area contributed by atoms with Crippen LogP contribution < -0.4 is 5.73 Å². The van der Waals surface area contributed by atoms with Crippen molar-refractivity contribution in [2.24, 2.45) is 0 Å². The van der Waals surface area contributed by atoms with E-state index in [2.05, 4.69) is 14.9 Å². The number of carbonyl (C=O) groups is 1. The maximum atomic E-state index is 13.3. The highest BCUT2D eigenvalue weighted by Crippen LogP contribution is 2.36. The molecule has 1 unspecified atom stereocenters. The number of nitrogens with zero attached hydrogens (tertiary/aromatic N) is 4. The number of aromatic nitrogens is 2. The van der Waals surface area contributed by atoms with Crippen LogP contribution in [0.2, 0.25) is 0 Å². The standard InChI is InChI=1S/C20H26FN5O/c1-3-25(4-2)18(27)13-26-11-5-6-17(26)19-16(12-23-20(22)24-19)14-7-9-15(21)10-8-14/h7-10,12,17H,3-6,11,13H2,1-2H3,(H2,22,23,24). The Morgan fingerprint density at radius 3 is 2.67 bits per heavy atom. The highest BCUT2D eigenvalue weighted by Gasteiger charge is 2.31. The predicted octanol–water partition coefficient (Wildman–Crippen LogP) is 2.87. The molecular formula is C20H26FN5O. The fourth-order valence-corrected chi connectivity index (χ4v) is 3.69. The van der Waals surface area contributed by atoms with E-state index in [-0.39, 0.29) is 23.7 Å². The van der Waals surface area contributed by atoms with Crippen LogP contribution in [-0.2, 0) is 4.79 Å². The average molecular weight is 371 g/mol. The average Bonchev–Trinajstić information content (AvgIpc) is 3.11. The summed E-state index contributed by atoms with van der Waals surface area (Å²) in [5.74, 6) is 0.0408. The van der Waals surface area contributed by atoms with E-state index in [0.717, 1.165) is 36.2 Å². The van der Waals surface area contributed by atoms with Crippen LogP contribution in [0.3, 0.4) is 0 Å². The first kappa shape index (κ1) is 19.2. The first-order valence-corrected chi connectivity index (χ1v) is 9.43. The molecule has 2 heterocycles. The van der Waals surface area contributed by atoms with Crippen molar-refractivity contribution in [3.8, 4) is 11.1 Å². The quantitative estimate of drug-likeness (QED) is 0.845. The summed E-state index contributed by atoms with van der Waals surface area (Å²) < 4.78 is 13.3. The molecule has 0 aliphatic carbocycles. The molecule has 0 bridgehead atoms. The molecule has 7 heteroatoms. The summed E-state index contributed by atoms with van der Waals surface area (Å²) in [4.78, 5) is 25.2. The van der Waals surface area contributed by atoms with Gasteiger partial charge in [-0.25, -0.2) is 14.4 Å². The van der Waals surface area contributed by atoms with Gasteiger partial charge in [-0.3, -0.25) is 9.69 Å². The van der Waals surface area contributed by atoms with E-state index in [1.54, 1.807) is 18.3 Å². The Kier molecular flexibility index (Phi) is 6.01. The van der Waals surface area contributed by atoms with Crippen LogP contribution in [-0.4, -0.2) is 51.9 Å². The van der Waals surface area contributed by atoms with Crippen molar-refractivity contribution in [2.75, 3.05) is 31.9 Å². The fourth-order valence-electron chi connectivity index (χ4n) is 3.69. The molecule has 27 heavy (non-hydrogen) atoms. The Hall–Kier alpha value is -2.54. The van der Waals surface area contributed by atoms with E-state index >= 15 is 0 Å².